The van der Waals surface area contributed by atoms with Crippen molar-refractivity contribution in [1.29, 1.82) is 0 Å². The fourth-order valence-corrected chi connectivity index (χ4v) is 4.29. The summed E-state index contributed by atoms with van der Waals surface area (Å²) in [6.45, 7) is 5.15. The Bertz CT molecular complexity index is 1100. The summed E-state index contributed by atoms with van der Waals surface area (Å²) in [4.78, 5) is 45.2. The van der Waals surface area contributed by atoms with Gasteiger partial charge < -0.3 is 39.9 Å². The number of dihydropyridines is 1. The summed E-state index contributed by atoms with van der Waals surface area (Å²) in [5, 5.41) is 13.7. The van der Waals surface area contributed by atoms with Gasteiger partial charge in [0.25, 0.3) is 0 Å². The van der Waals surface area contributed by atoms with Crippen LogP contribution >= 0.6 is 11.6 Å². The maximum Gasteiger partial charge on any atom is 0.336 e. The molecule has 2 atom stereocenters. The number of halogens is 1. The summed E-state index contributed by atoms with van der Waals surface area (Å²) in [5.41, 5.74) is 6.90. The molecule has 3 rings (SSSR count). The third-order valence-corrected chi connectivity index (χ3v) is 6.06. The van der Waals surface area contributed by atoms with Crippen molar-refractivity contribution in [2.75, 3.05) is 33.5 Å². The number of nitrogens with one attached hydrogen (secondary N) is 1. The van der Waals surface area contributed by atoms with Crippen LogP contribution in [0.4, 0.5) is 0 Å². The number of allylic oxidation sites excluding steroid dienone is 1. The number of carboxylic acid groups (broad SMARTS) is 1. The predicted molar refractivity (Wildman–Crippen MR) is 133 cm³/mol. The number of carbonyl (C=O) groups excluding carboxylic acids is 4. The second-order valence-corrected chi connectivity index (χ2v) is 8.74. The zero-order chi connectivity index (χ0) is 28.2. The molecule has 1 saturated heterocycles. The van der Waals surface area contributed by atoms with E-state index in [9.17, 15) is 24.3 Å². The van der Waals surface area contributed by atoms with E-state index in [0.29, 0.717) is 46.3 Å². The molecule has 0 saturated carbocycles. The highest BCUT2D eigenvalue weighted by Gasteiger charge is 2.36. The van der Waals surface area contributed by atoms with Gasteiger partial charge in [-0.1, -0.05) is 29.8 Å². The largest absolute Gasteiger partial charge is 0.546 e. The Kier molecular flexibility index (Phi) is 12.3. The van der Waals surface area contributed by atoms with Crippen LogP contribution in [0.25, 0.3) is 0 Å². The van der Waals surface area contributed by atoms with E-state index >= 15 is 0 Å². The Morgan fingerprint density at radius 2 is 1.97 bits per heavy atom. The van der Waals surface area contributed by atoms with Crippen LogP contribution in [0.5, 0.6) is 0 Å². The third kappa shape index (κ3) is 8.30. The number of hydrogen-bond acceptors (Lipinski definition) is 10. The van der Waals surface area contributed by atoms with Crippen molar-refractivity contribution in [2.45, 2.75) is 45.1 Å². The number of rotatable bonds is 10. The first-order valence-corrected chi connectivity index (χ1v) is 12.5. The molecule has 1 aromatic carbocycles. The molecular formula is C26H33ClN2O9. The summed E-state index contributed by atoms with van der Waals surface area (Å²) in [7, 11) is 1.33. The number of esters is 3. The molecule has 1 aromatic rings. The Morgan fingerprint density at radius 3 is 2.50 bits per heavy atom. The van der Waals surface area contributed by atoms with E-state index in [1.807, 2.05) is 18.2 Å². The van der Waals surface area contributed by atoms with Gasteiger partial charge in [0.1, 0.15) is 6.10 Å². The number of benzene rings is 1. The van der Waals surface area contributed by atoms with Gasteiger partial charge in [0.2, 0.25) is 0 Å². The van der Waals surface area contributed by atoms with E-state index in [-0.39, 0.29) is 38.4 Å². The average molecular weight is 553 g/mol. The Morgan fingerprint density at radius 1 is 1.26 bits per heavy atom. The van der Waals surface area contributed by atoms with Crippen LogP contribution in [-0.2, 0) is 38.1 Å². The number of ether oxygens (including phenoxy) is 4. The maximum atomic E-state index is 12.7. The van der Waals surface area contributed by atoms with Gasteiger partial charge in [-0.15, -0.1) is 0 Å². The van der Waals surface area contributed by atoms with Crippen LogP contribution in [0.2, 0.25) is 5.02 Å². The molecule has 2 aliphatic heterocycles. The lowest BCUT2D eigenvalue weighted by molar-refractivity contribution is -0.373. The van der Waals surface area contributed by atoms with Crippen LogP contribution in [0.1, 0.15) is 44.6 Å². The van der Waals surface area contributed by atoms with Gasteiger partial charge in [0.15, 0.2) is 0 Å². The predicted octanol–water partition coefficient (Wildman–Crippen LogP) is 0.382. The number of quaternary nitrogens is 1. The minimum absolute atomic E-state index is 0.00638. The fourth-order valence-electron chi connectivity index (χ4n) is 4.05. The van der Waals surface area contributed by atoms with E-state index in [1.54, 1.807) is 19.9 Å². The molecule has 0 aliphatic carbocycles. The monoisotopic (exact) mass is 552 g/mol. The van der Waals surface area contributed by atoms with Gasteiger partial charge in [-0.05, 0) is 31.1 Å². The molecule has 2 heterocycles. The van der Waals surface area contributed by atoms with Crippen LogP contribution in [0, 0.1) is 0 Å². The smallest absolute Gasteiger partial charge is 0.336 e. The number of aliphatic carboxylic acids is 1. The second kappa shape index (κ2) is 15.1. The SMILES string of the molecule is CCOC(=O)CC1=C(COCC[NH3+])NC(C)=C(C(=O)OC)C1c1ccccc1Cl.O=C1CCC(C(=O)[O-])O1. The highest BCUT2D eigenvalue weighted by atomic mass is 35.5. The van der Waals surface area contributed by atoms with Gasteiger partial charge in [0, 0.05) is 35.2 Å². The van der Waals surface area contributed by atoms with Crippen molar-refractivity contribution in [3.05, 3.63) is 57.4 Å². The van der Waals surface area contributed by atoms with E-state index in [4.69, 9.17) is 25.8 Å². The topological polar surface area (TPSA) is 168 Å². The Balaban J connectivity index is 0.000000474. The van der Waals surface area contributed by atoms with Crippen LogP contribution < -0.4 is 16.2 Å². The molecule has 4 N–H and O–H groups in total. The molecule has 0 aromatic heterocycles. The molecule has 2 unspecified atom stereocenters. The van der Waals surface area contributed by atoms with Crippen LogP contribution in [-0.4, -0.2) is 63.5 Å². The minimum Gasteiger partial charge on any atom is -0.546 e. The summed E-state index contributed by atoms with van der Waals surface area (Å²) in [5.74, 6) is -3.19. The van der Waals surface area contributed by atoms with E-state index in [2.05, 4.69) is 15.8 Å². The van der Waals surface area contributed by atoms with Crippen LogP contribution in [0.3, 0.4) is 0 Å². The van der Waals surface area contributed by atoms with Gasteiger partial charge in [-0.25, -0.2) is 4.79 Å². The second-order valence-electron chi connectivity index (χ2n) is 8.34. The van der Waals surface area contributed by atoms with E-state index < -0.39 is 29.9 Å². The molecule has 1 fully saturated rings. The minimum atomic E-state index is -1.30. The number of carboxylic acids is 1. The summed E-state index contributed by atoms with van der Waals surface area (Å²) < 4.78 is 20.2. The maximum absolute atomic E-state index is 12.7. The summed E-state index contributed by atoms with van der Waals surface area (Å²) in [6.07, 6.45) is -0.564. The Labute approximate surface area is 225 Å². The number of methoxy groups -OCH3 is 1. The summed E-state index contributed by atoms with van der Waals surface area (Å²) in [6, 6.07) is 7.25. The number of hydrogen-bond donors (Lipinski definition) is 2. The molecule has 12 heteroatoms. The van der Waals surface area contributed by atoms with Crippen molar-refractivity contribution in [3.8, 4) is 0 Å². The molecule has 11 nitrogen and oxygen atoms in total. The highest BCUT2D eigenvalue weighted by Crippen LogP contribution is 2.42. The van der Waals surface area contributed by atoms with Gasteiger partial charge >= 0.3 is 17.9 Å². The fraction of sp³-hybridized carbons (Fsp3) is 0.462. The lowest BCUT2D eigenvalue weighted by Crippen LogP contribution is -2.52. The molecule has 0 spiro atoms. The normalized spacial score (nSPS) is 18.7. The number of carbonyl (C=O) groups is 4. The van der Waals surface area contributed by atoms with Crippen molar-refractivity contribution >= 4 is 35.5 Å². The lowest BCUT2D eigenvalue weighted by Gasteiger charge is -2.32. The molecule has 38 heavy (non-hydrogen) atoms. The Hall–Kier alpha value is -3.41. The third-order valence-electron chi connectivity index (χ3n) is 5.71. The van der Waals surface area contributed by atoms with Crippen molar-refractivity contribution in [2.24, 2.45) is 0 Å². The van der Waals surface area contributed by atoms with Gasteiger partial charge in [-0.3, -0.25) is 9.59 Å². The lowest BCUT2D eigenvalue weighted by atomic mass is 9.79. The first-order chi connectivity index (χ1) is 18.1. The van der Waals surface area contributed by atoms with Gasteiger partial charge in [-0.2, -0.15) is 0 Å². The molecule has 0 radical (unpaired) electrons. The zero-order valence-corrected chi connectivity index (χ0v) is 22.4. The first-order valence-electron chi connectivity index (χ1n) is 12.1. The summed E-state index contributed by atoms with van der Waals surface area (Å²) >= 11 is 6.48. The molecule has 0 amide bonds. The van der Waals surface area contributed by atoms with E-state index in [1.165, 1.54) is 7.11 Å². The standard InChI is InChI=1S/C21H27ClN2O5.C5H6O4/c1-4-29-18(25)11-15-17(12-28-10-9-23)24-13(2)19(21(26)27-3)20(15)14-7-5-6-8-16(14)22;6-4-2-1-3(9-4)5(7)8/h5-8,20,24H,4,9-12,23H2,1-3H3;3H,1-2H2,(H,7,8). The van der Waals surface area contributed by atoms with Crippen molar-refractivity contribution in [1.82, 2.24) is 5.32 Å². The average Bonchev–Trinajstić information content (AvgIpc) is 3.32. The van der Waals surface area contributed by atoms with E-state index in [0.717, 1.165) is 0 Å². The van der Waals surface area contributed by atoms with Crippen molar-refractivity contribution in [3.63, 3.8) is 0 Å². The highest BCUT2D eigenvalue weighted by molar-refractivity contribution is 6.31. The quantitative estimate of drug-likeness (QED) is 0.235. The van der Waals surface area contributed by atoms with Crippen molar-refractivity contribution < 1.29 is 49.0 Å². The first kappa shape index (κ1) is 30.8. The molecule has 2 aliphatic rings. The molecule has 0 bridgehead atoms. The number of cyclic esters (lactones) is 1. The molecule has 208 valence electrons. The van der Waals surface area contributed by atoms with Gasteiger partial charge in [0.05, 0.1) is 51.4 Å². The van der Waals surface area contributed by atoms with Crippen LogP contribution in [0.15, 0.2) is 46.8 Å². The molecular weight excluding hydrogens is 520 g/mol. The zero-order valence-electron chi connectivity index (χ0n) is 21.7.